The van der Waals surface area contributed by atoms with Crippen molar-refractivity contribution >= 4 is 43.2 Å². The maximum atomic E-state index is 14.6. The Kier molecular flexibility index (Phi) is 18.2. The minimum absolute atomic E-state index is 0.00721. The van der Waals surface area contributed by atoms with Gasteiger partial charge in [0.25, 0.3) is 0 Å². The molecule has 0 fully saturated rings. The van der Waals surface area contributed by atoms with Crippen LogP contribution in [0.1, 0.15) is 103 Å². The lowest BCUT2D eigenvalue weighted by atomic mass is 9.82. The molecule has 206 valence electrons. The van der Waals surface area contributed by atoms with Crippen molar-refractivity contribution in [3.05, 3.63) is 46.5 Å². The van der Waals surface area contributed by atoms with Crippen molar-refractivity contribution in [1.29, 1.82) is 0 Å². The molecule has 1 aromatic rings. The molecule has 0 amide bonds. The highest BCUT2D eigenvalue weighted by Gasteiger charge is 2.31. The highest BCUT2D eigenvalue weighted by atomic mass is 35.5. The predicted molar refractivity (Wildman–Crippen MR) is 156 cm³/mol. The van der Waals surface area contributed by atoms with E-state index in [1.54, 1.807) is 12.1 Å². The molecule has 0 aromatic heterocycles. The number of aliphatic imine (C=N–C) groups is 4. The van der Waals surface area contributed by atoms with E-state index in [0.717, 1.165) is 56.2 Å². The molecule has 1 aliphatic heterocycles. The second kappa shape index (κ2) is 19.6. The first-order chi connectivity index (χ1) is 17.9. The number of nitrogens with zero attached hydrogens (tertiary/aromatic N) is 4. The number of allylic oxidation sites excluding steroid dienone is 1. The van der Waals surface area contributed by atoms with Crippen LogP contribution in [0.2, 0.25) is 0 Å². The van der Waals surface area contributed by atoms with Gasteiger partial charge in [-0.2, -0.15) is 0 Å². The third kappa shape index (κ3) is 10.8. The maximum Gasteiger partial charge on any atom is 0.156 e. The number of benzene rings is 1. The van der Waals surface area contributed by atoms with Gasteiger partial charge in [-0.1, -0.05) is 58.7 Å². The molecule has 0 bridgehead atoms. The van der Waals surface area contributed by atoms with Crippen LogP contribution in [0, 0.1) is 5.82 Å². The third-order valence-electron chi connectivity index (χ3n) is 6.04. The standard InChI is InChI=1S/C26H35ClF2N4.C2H6.CH2O/c1-5-13-26(15-16-33-26)14-8-7-12-23(32-18-27)21(6-2)25(30-4)31-17-20-10-9-11-22(19(3)28)24(20)29;2*1-2/h9-11,16-17,19H,4-8,12-15,18H2,1-3H3;1-2H3;1H2/b25-21+,31-17+,32-23-;;. The summed E-state index contributed by atoms with van der Waals surface area (Å²) < 4.78 is 28.2. The summed E-state index contributed by atoms with van der Waals surface area (Å²) in [6.07, 6.45) is 9.78. The van der Waals surface area contributed by atoms with Crippen molar-refractivity contribution in [3.63, 3.8) is 0 Å². The van der Waals surface area contributed by atoms with Crippen LogP contribution in [0.15, 0.2) is 49.6 Å². The van der Waals surface area contributed by atoms with Gasteiger partial charge in [-0.3, -0.25) is 9.98 Å². The highest BCUT2D eigenvalue weighted by Crippen LogP contribution is 2.34. The first-order valence-corrected chi connectivity index (χ1v) is 13.5. The summed E-state index contributed by atoms with van der Waals surface area (Å²) in [5, 5.41) is 0. The number of alkyl halides is 2. The summed E-state index contributed by atoms with van der Waals surface area (Å²) in [5.41, 5.74) is 2.03. The van der Waals surface area contributed by atoms with Gasteiger partial charge in [-0.25, -0.2) is 18.8 Å². The molecule has 0 saturated heterocycles. The van der Waals surface area contributed by atoms with E-state index in [0.29, 0.717) is 12.2 Å². The Balaban J connectivity index is 0.00000308. The van der Waals surface area contributed by atoms with E-state index in [2.05, 4.69) is 33.6 Å². The molecule has 8 heteroatoms. The Morgan fingerprint density at radius 1 is 1.24 bits per heavy atom. The molecule has 0 aliphatic carbocycles. The molecule has 0 saturated carbocycles. The van der Waals surface area contributed by atoms with Gasteiger partial charge in [-0.15, -0.1) is 11.6 Å². The number of carbonyl (C=O) groups excluding carboxylic acids is 1. The lowest BCUT2D eigenvalue weighted by Crippen LogP contribution is -2.33. The second-order valence-corrected chi connectivity index (χ2v) is 8.60. The first kappa shape index (κ1) is 34.5. The summed E-state index contributed by atoms with van der Waals surface area (Å²) in [4.78, 5) is 25.6. The monoisotopic (exact) mass is 536 g/mol. The zero-order valence-electron chi connectivity index (χ0n) is 23.1. The van der Waals surface area contributed by atoms with Crippen LogP contribution in [0.4, 0.5) is 8.78 Å². The molecule has 1 heterocycles. The quantitative estimate of drug-likeness (QED) is 0.101. The molecular weight excluding hydrogens is 494 g/mol. The summed E-state index contributed by atoms with van der Waals surface area (Å²) >= 11 is 5.95. The summed E-state index contributed by atoms with van der Waals surface area (Å²) in [5.74, 6) is -0.238. The van der Waals surface area contributed by atoms with Gasteiger partial charge < -0.3 is 4.79 Å². The molecule has 0 radical (unpaired) electrons. The molecule has 5 nitrogen and oxygen atoms in total. The van der Waals surface area contributed by atoms with Gasteiger partial charge in [-0.05, 0) is 45.7 Å². The summed E-state index contributed by atoms with van der Waals surface area (Å²) in [6, 6.07) is 4.74. The Morgan fingerprint density at radius 3 is 2.41 bits per heavy atom. The number of rotatable bonds is 14. The van der Waals surface area contributed by atoms with Gasteiger partial charge >= 0.3 is 0 Å². The van der Waals surface area contributed by atoms with Gasteiger partial charge in [0.2, 0.25) is 0 Å². The number of hydrogen-bond acceptors (Lipinski definition) is 5. The van der Waals surface area contributed by atoms with Gasteiger partial charge in [0.15, 0.2) is 5.82 Å². The topological polar surface area (TPSA) is 66.5 Å². The van der Waals surface area contributed by atoms with E-state index in [1.807, 2.05) is 33.8 Å². The van der Waals surface area contributed by atoms with E-state index in [9.17, 15) is 8.78 Å². The summed E-state index contributed by atoms with van der Waals surface area (Å²) in [7, 11) is 0. The largest absolute Gasteiger partial charge is 0.307 e. The van der Waals surface area contributed by atoms with Crippen LogP contribution in [-0.4, -0.2) is 43.2 Å². The fraction of sp³-hybridized carbons (Fsp3) is 0.552. The van der Waals surface area contributed by atoms with Crippen molar-refractivity contribution in [1.82, 2.24) is 0 Å². The maximum absolute atomic E-state index is 14.6. The summed E-state index contributed by atoms with van der Waals surface area (Å²) in [6.45, 7) is 15.1. The lowest BCUT2D eigenvalue weighted by molar-refractivity contribution is -0.0980. The number of halogens is 3. The van der Waals surface area contributed by atoms with Crippen molar-refractivity contribution in [2.45, 2.75) is 97.7 Å². The first-order valence-electron chi connectivity index (χ1n) is 13.0. The highest BCUT2D eigenvalue weighted by molar-refractivity contribution is 6.18. The van der Waals surface area contributed by atoms with Crippen molar-refractivity contribution in [3.8, 4) is 0 Å². The third-order valence-corrected chi connectivity index (χ3v) is 6.16. The zero-order valence-corrected chi connectivity index (χ0v) is 23.8. The minimum atomic E-state index is -1.40. The van der Waals surface area contributed by atoms with Crippen LogP contribution in [0.5, 0.6) is 0 Å². The molecule has 2 atom stereocenters. The van der Waals surface area contributed by atoms with Crippen molar-refractivity contribution in [2.75, 3.05) is 6.00 Å². The van der Waals surface area contributed by atoms with Crippen molar-refractivity contribution in [2.24, 2.45) is 20.0 Å². The predicted octanol–water partition coefficient (Wildman–Crippen LogP) is 8.65. The fourth-order valence-corrected chi connectivity index (χ4v) is 4.37. The van der Waals surface area contributed by atoms with Crippen LogP contribution in [-0.2, 0) is 4.79 Å². The van der Waals surface area contributed by atoms with Crippen LogP contribution >= 0.6 is 11.6 Å². The van der Waals surface area contributed by atoms with Gasteiger partial charge in [0, 0.05) is 41.3 Å². The van der Waals surface area contributed by atoms with Crippen LogP contribution < -0.4 is 0 Å². The molecule has 1 aromatic carbocycles. The molecule has 2 rings (SSSR count). The molecule has 1 aliphatic rings. The number of carbonyl (C=O) groups is 1. The van der Waals surface area contributed by atoms with E-state index in [4.69, 9.17) is 16.4 Å². The van der Waals surface area contributed by atoms with Gasteiger partial charge in [0.05, 0.1) is 5.54 Å². The lowest BCUT2D eigenvalue weighted by Gasteiger charge is -2.34. The van der Waals surface area contributed by atoms with E-state index >= 15 is 0 Å². The Bertz CT molecular complexity index is 944. The minimum Gasteiger partial charge on any atom is -0.307 e. The zero-order chi connectivity index (χ0) is 28.3. The average molecular weight is 537 g/mol. The number of hydrogen-bond donors (Lipinski definition) is 0. The molecule has 37 heavy (non-hydrogen) atoms. The second-order valence-electron chi connectivity index (χ2n) is 8.36. The van der Waals surface area contributed by atoms with E-state index in [1.165, 1.54) is 19.2 Å². The Morgan fingerprint density at radius 2 is 1.92 bits per heavy atom. The Hall–Kier alpha value is -2.54. The average Bonchev–Trinajstić information content (AvgIpc) is 2.89. The molecular formula is C29H43ClF2N4O. The van der Waals surface area contributed by atoms with Crippen LogP contribution in [0.25, 0.3) is 0 Å². The van der Waals surface area contributed by atoms with Crippen molar-refractivity contribution < 1.29 is 13.6 Å². The van der Waals surface area contributed by atoms with Gasteiger partial charge in [0.1, 0.15) is 24.8 Å². The number of unbranched alkanes of at least 4 members (excludes halogenated alkanes) is 1. The van der Waals surface area contributed by atoms with Crippen LogP contribution in [0.3, 0.4) is 0 Å². The SMILES string of the molecule is C=NC(/N=C/c1cccc(C(C)F)c1F)=C(CC)\C(CCCCC1(CCC)CC=N1)=N/CCl.C=O.CC. The molecule has 0 N–H and O–H groups in total. The molecule has 2 unspecified atom stereocenters. The molecule has 0 spiro atoms. The van der Waals surface area contributed by atoms with E-state index < -0.39 is 12.0 Å². The Labute approximate surface area is 227 Å². The van der Waals surface area contributed by atoms with E-state index in [-0.39, 0.29) is 22.7 Å². The fourth-order valence-electron chi connectivity index (χ4n) is 4.23. The smallest absolute Gasteiger partial charge is 0.156 e. The normalized spacial score (nSPS) is 18.1.